The molecule has 0 spiro atoms. The van der Waals surface area contributed by atoms with Gasteiger partial charge in [-0.25, -0.2) is 14.0 Å². The number of fused-ring (bicyclic) bond motifs is 2. The van der Waals surface area contributed by atoms with Crippen LogP contribution < -0.4 is 5.32 Å². The van der Waals surface area contributed by atoms with E-state index in [2.05, 4.69) is 5.32 Å². The summed E-state index contributed by atoms with van der Waals surface area (Å²) in [6, 6.07) is -1.57. The Bertz CT molecular complexity index is 840. The first-order valence-corrected chi connectivity index (χ1v) is 12.5. The van der Waals surface area contributed by atoms with Crippen LogP contribution in [0.4, 0.5) is 9.18 Å². The second kappa shape index (κ2) is 7.57. The van der Waals surface area contributed by atoms with Gasteiger partial charge in [0.15, 0.2) is 0 Å². The summed E-state index contributed by atoms with van der Waals surface area (Å²) < 4.78 is 26.4. The molecule has 6 aliphatic rings. The molecule has 2 unspecified atom stereocenters. The molecule has 1 heterocycles. The van der Waals surface area contributed by atoms with E-state index in [1.54, 1.807) is 25.7 Å². The molecule has 33 heavy (non-hydrogen) atoms. The molecule has 184 valence electrons. The third kappa shape index (κ3) is 3.91. The number of alkyl carbamates (subject to hydrolysis) is 1. The van der Waals surface area contributed by atoms with Gasteiger partial charge in [-0.15, -0.1) is 0 Å². The van der Waals surface area contributed by atoms with E-state index in [4.69, 9.17) is 9.47 Å². The van der Waals surface area contributed by atoms with Gasteiger partial charge in [-0.2, -0.15) is 0 Å². The molecule has 0 aromatic carbocycles. The Balaban J connectivity index is 1.49. The Hall–Kier alpha value is -1.86. The number of methoxy groups -OCH3 is 1. The average molecular weight is 465 g/mol. The molecule has 2 amide bonds. The van der Waals surface area contributed by atoms with Crippen molar-refractivity contribution < 1.29 is 28.2 Å². The zero-order chi connectivity index (χ0) is 23.8. The zero-order valence-electron chi connectivity index (χ0n) is 20.2. The minimum atomic E-state index is -1.27. The fourth-order valence-electron chi connectivity index (χ4n) is 8.34. The van der Waals surface area contributed by atoms with Gasteiger partial charge in [-0.1, -0.05) is 0 Å². The van der Waals surface area contributed by atoms with Gasteiger partial charge in [-0.05, 0) is 96.3 Å². The van der Waals surface area contributed by atoms with Crippen LogP contribution in [0.1, 0.15) is 78.6 Å². The lowest BCUT2D eigenvalue weighted by Gasteiger charge is -2.61. The fourth-order valence-corrected chi connectivity index (χ4v) is 8.34. The molecule has 0 radical (unpaired) electrons. The highest BCUT2D eigenvalue weighted by atomic mass is 19.1. The quantitative estimate of drug-likeness (QED) is 0.641. The maximum Gasteiger partial charge on any atom is 0.408 e. The van der Waals surface area contributed by atoms with Gasteiger partial charge in [-0.3, -0.25) is 4.79 Å². The maximum atomic E-state index is 15.8. The smallest absolute Gasteiger partial charge is 0.408 e. The third-order valence-corrected chi connectivity index (χ3v) is 8.84. The van der Waals surface area contributed by atoms with E-state index in [1.165, 1.54) is 7.11 Å². The maximum absolute atomic E-state index is 15.8. The number of likely N-dealkylation sites (tertiary alicyclic amines) is 1. The van der Waals surface area contributed by atoms with E-state index in [0.29, 0.717) is 12.8 Å². The first kappa shape index (κ1) is 22.9. The first-order valence-electron chi connectivity index (χ1n) is 12.5. The molecule has 1 aliphatic heterocycles. The molecule has 1 saturated heterocycles. The van der Waals surface area contributed by atoms with Gasteiger partial charge in [0.2, 0.25) is 5.91 Å². The van der Waals surface area contributed by atoms with Crippen molar-refractivity contribution in [2.75, 3.05) is 7.11 Å². The summed E-state index contributed by atoms with van der Waals surface area (Å²) in [5.74, 6) is -0.123. The topological polar surface area (TPSA) is 84.9 Å². The number of carbonyl (C=O) groups excluding carboxylic acids is 3. The van der Waals surface area contributed by atoms with Crippen molar-refractivity contribution in [2.24, 2.45) is 23.2 Å². The van der Waals surface area contributed by atoms with Crippen LogP contribution in [0.2, 0.25) is 0 Å². The summed E-state index contributed by atoms with van der Waals surface area (Å²) in [6.45, 7) is 5.33. The number of piperidine rings is 1. The van der Waals surface area contributed by atoms with Crippen LogP contribution in [0.15, 0.2) is 0 Å². The number of ether oxygens (including phenoxy) is 2. The first-order chi connectivity index (χ1) is 15.4. The van der Waals surface area contributed by atoms with E-state index in [9.17, 15) is 14.4 Å². The number of halogens is 1. The molecule has 6 rings (SSSR count). The van der Waals surface area contributed by atoms with E-state index < -0.39 is 40.8 Å². The highest BCUT2D eigenvalue weighted by Crippen LogP contribution is 2.64. The van der Waals surface area contributed by atoms with Gasteiger partial charge in [0.1, 0.15) is 23.4 Å². The number of hydrogen-bond donors (Lipinski definition) is 1. The van der Waals surface area contributed by atoms with Gasteiger partial charge in [0.05, 0.1) is 7.11 Å². The van der Waals surface area contributed by atoms with Gasteiger partial charge in [0, 0.05) is 11.5 Å². The Morgan fingerprint density at radius 3 is 2.30 bits per heavy atom. The normalized spacial score (nSPS) is 41.7. The van der Waals surface area contributed by atoms with Gasteiger partial charge >= 0.3 is 12.1 Å². The minimum Gasteiger partial charge on any atom is -0.467 e. The van der Waals surface area contributed by atoms with Crippen molar-refractivity contribution in [1.29, 1.82) is 0 Å². The largest absolute Gasteiger partial charge is 0.467 e. The number of nitrogens with one attached hydrogen (secondary N) is 1. The lowest BCUT2D eigenvalue weighted by atomic mass is 9.46. The standard InChI is InChI=1S/C25H37FN2O5/c1-23(2,3)33-22(31)27-19(24-9-14-7-15(10-24)12-25(26,11-14)13-24)20(29)28-17-6-5-16(8-17)18(28)21(30)32-4/h14-19H,5-13H2,1-4H3,(H,27,31)/t14?,15?,16-,17+,18-,19+,24?,25?/m0/s1. The minimum absolute atomic E-state index is 0.0391. The summed E-state index contributed by atoms with van der Waals surface area (Å²) in [7, 11) is 1.35. The van der Waals surface area contributed by atoms with Crippen LogP contribution in [0.25, 0.3) is 0 Å². The van der Waals surface area contributed by atoms with Crippen molar-refractivity contribution in [3.63, 3.8) is 0 Å². The van der Waals surface area contributed by atoms with Crippen molar-refractivity contribution in [1.82, 2.24) is 10.2 Å². The number of alkyl halides is 1. The van der Waals surface area contributed by atoms with Crippen LogP contribution in [-0.2, 0) is 19.1 Å². The SMILES string of the molecule is COC(=O)[C@@H]1[C@H]2CC[C@H](C2)N1C(=O)[C@@H](NC(=O)OC(C)(C)C)C12CC3CC(CC(F)(C3)C1)C2. The Kier molecular flexibility index (Phi) is 5.26. The number of carbonyl (C=O) groups is 3. The molecule has 5 aliphatic carbocycles. The van der Waals surface area contributed by atoms with Crippen LogP contribution in [-0.4, -0.2) is 59.4 Å². The van der Waals surface area contributed by atoms with E-state index >= 15 is 4.39 Å². The molecular weight excluding hydrogens is 427 g/mol. The van der Waals surface area contributed by atoms with E-state index in [0.717, 1.165) is 38.5 Å². The third-order valence-electron chi connectivity index (χ3n) is 8.84. The predicted octanol–water partition coefficient (Wildman–Crippen LogP) is 3.74. The second-order valence-electron chi connectivity index (χ2n) is 12.5. The van der Waals surface area contributed by atoms with Crippen molar-refractivity contribution in [3.05, 3.63) is 0 Å². The van der Waals surface area contributed by atoms with Gasteiger partial charge < -0.3 is 19.7 Å². The number of amides is 2. The molecule has 5 saturated carbocycles. The Labute approximate surface area is 195 Å². The van der Waals surface area contributed by atoms with Crippen LogP contribution in [0.3, 0.4) is 0 Å². The molecule has 7 nitrogen and oxygen atoms in total. The van der Waals surface area contributed by atoms with Gasteiger partial charge in [0.25, 0.3) is 0 Å². The summed E-state index contributed by atoms with van der Waals surface area (Å²) in [4.78, 5) is 41.5. The Morgan fingerprint density at radius 2 is 1.73 bits per heavy atom. The van der Waals surface area contributed by atoms with E-state index in [-0.39, 0.29) is 36.1 Å². The summed E-state index contributed by atoms with van der Waals surface area (Å²) >= 11 is 0. The lowest BCUT2D eigenvalue weighted by molar-refractivity contribution is -0.167. The fraction of sp³-hybridized carbons (Fsp3) is 0.880. The van der Waals surface area contributed by atoms with Crippen LogP contribution in [0.5, 0.6) is 0 Å². The molecule has 0 aromatic heterocycles. The summed E-state index contributed by atoms with van der Waals surface area (Å²) in [6.07, 6.45) is 5.69. The average Bonchev–Trinajstić information content (AvgIpc) is 3.29. The number of rotatable bonds is 4. The molecule has 6 fully saturated rings. The monoisotopic (exact) mass is 464 g/mol. The van der Waals surface area contributed by atoms with Crippen molar-refractivity contribution in [2.45, 2.75) is 108 Å². The van der Waals surface area contributed by atoms with Crippen molar-refractivity contribution >= 4 is 18.0 Å². The van der Waals surface area contributed by atoms with Crippen LogP contribution >= 0.6 is 0 Å². The highest BCUT2D eigenvalue weighted by molar-refractivity contribution is 5.91. The molecule has 6 bridgehead atoms. The number of hydrogen-bond acceptors (Lipinski definition) is 5. The molecule has 8 heteroatoms. The molecular formula is C25H37FN2O5. The van der Waals surface area contributed by atoms with E-state index in [1.807, 2.05) is 0 Å². The molecule has 6 atom stereocenters. The van der Waals surface area contributed by atoms with Crippen molar-refractivity contribution in [3.8, 4) is 0 Å². The lowest BCUT2D eigenvalue weighted by Crippen LogP contribution is -2.67. The predicted molar refractivity (Wildman–Crippen MR) is 118 cm³/mol. The number of nitrogens with zero attached hydrogens (tertiary/aromatic N) is 1. The summed E-state index contributed by atoms with van der Waals surface area (Å²) in [5, 5.41) is 2.89. The molecule has 1 N–H and O–H groups in total. The molecule has 0 aromatic rings. The summed E-state index contributed by atoms with van der Waals surface area (Å²) in [5.41, 5.74) is -2.64. The Morgan fingerprint density at radius 1 is 1.06 bits per heavy atom. The van der Waals surface area contributed by atoms with Crippen LogP contribution in [0, 0.1) is 23.2 Å². The number of esters is 1. The zero-order valence-corrected chi connectivity index (χ0v) is 20.2. The second-order valence-corrected chi connectivity index (χ2v) is 12.5. The highest BCUT2D eigenvalue weighted by Gasteiger charge is 2.64.